The van der Waals surface area contributed by atoms with E-state index in [1.807, 2.05) is 0 Å². The highest BCUT2D eigenvalue weighted by atomic mass is 79.9. The normalized spacial score (nSPS) is 10.6. The Balaban J connectivity index is 1.81. The van der Waals surface area contributed by atoms with Crippen molar-refractivity contribution in [1.29, 1.82) is 0 Å². The zero-order chi connectivity index (χ0) is 20.3. The third-order valence-electron chi connectivity index (χ3n) is 3.94. The Kier molecular flexibility index (Phi) is 6.21. The van der Waals surface area contributed by atoms with Crippen LogP contribution < -0.4 is 14.8 Å². The lowest BCUT2D eigenvalue weighted by Crippen LogP contribution is -2.13. The summed E-state index contributed by atoms with van der Waals surface area (Å²) >= 11 is 9.41. The lowest BCUT2D eigenvalue weighted by Gasteiger charge is -2.08. The molecule has 3 rings (SSSR count). The molecular formula is C19H16BrClFN3O3. The zero-order valence-corrected chi connectivity index (χ0v) is 17.3. The monoisotopic (exact) mass is 467 g/mol. The first-order valence-corrected chi connectivity index (χ1v) is 9.28. The fourth-order valence-electron chi connectivity index (χ4n) is 2.53. The second kappa shape index (κ2) is 8.62. The van der Waals surface area contributed by atoms with Crippen LogP contribution in [0.1, 0.15) is 15.9 Å². The number of hydrogen-bond donors (Lipinski definition) is 1. The second-order valence-corrected chi connectivity index (χ2v) is 7.04. The molecule has 0 spiro atoms. The quantitative estimate of drug-likeness (QED) is 0.567. The van der Waals surface area contributed by atoms with Gasteiger partial charge in [0.2, 0.25) is 0 Å². The van der Waals surface area contributed by atoms with Crippen LogP contribution in [0.4, 0.5) is 10.2 Å². The van der Waals surface area contributed by atoms with Crippen LogP contribution in [0, 0.1) is 5.82 Å². The van der Waals surface area contributed by atoms with Gasteiger partial charge >= 0.3 is 0 Å². The fraction of sp³-hybridized carbons (Fsp3) is 0.158. The van der Waals surface area contributed by atoms with Crippen LogP contribution in [0.25, 0.3) is 0 Å². The number of nitrogens with zero attached hydrogens (tertiary/aromatic N) is 2. The minimum absolute atomic E-state index is 0.118. The molecule has 1 N–H and O–H groups in total. The average molecular weight is 469 g/mol. The number of methoxy groups -OCH3 is 2. The molecule has 1 aromatic heterocycles. The molecule has 0 aliphatic rings. The molecule has 146 valence electrons. The van der Waals surface area contributed by atoms with Gasteiger partial charge in [0.1, 0.15) is 17.3 Å². The lowest BCUT2D eigenvalue weighted by molar-refractivity contribution is 0.102. The minimum Gasteiger partial charge on any atom is -0.497 e. The highest BCUT2D eigenvalue weighted by molar-refractivity contribution is 9.10. The Labute approximate surface area is 174 Å². The van der Waals surface area contributed by atoms with E-state index in [2.05, 4.69) is 26.3 Å². The maximum Gasteiger partial charge on any atom is 0.257 e. The largest absolute Gasteiger partial charge is 0.497 e. The number of ether oxygens (including phenoxy) is 2. The van der Waals surface area contributed by atoms with Gasteiger partial charge < -0.3 is 14.8 Å². The molecule has 0 saturated heterocycles. The van der Waals surface area contributed by atoms with E-state index in [-0.39, 0.29) is 6.54 Å². The van der Waals surface area contributed by atoms with Crippen molar-refractivity contribution in [3.8, 4) is 11.5 Å². The lowest BCUT2D eigenvalue weighted by atomic mass is 10.2. The van der Waals surface area contributed by atoms with Gasteiger partial charge in [0.05, 0.1) is 25.2 Å². The summed E-state index contributed by atoms with van der Waals surface area (Å²) in [4.78, 5) is 12.6. The Bertz CT molecular complexity index is 983. The highest BCUT2D eigenvalue weighted by Crippen LogP contribution is 2.26. The van der Waals surface area contributed by atoms with Crippen LogP contribution in [0.5, 0.6) is 11.5 Å². The van der Waals surface area contributed by atoms with Crippen molar-refractivity contribution >= 4 is 39.3 Å². The van der Waals surface area contributed by atoms with Crippen molar-refractivity contribution < 1.29 is 18.7 Å². The fourth-order valence-corrected chi connectivity index (χ4v) is 3.16. The molecule has 0 bridgehead atoms. The Morgan fingerprint density at radius 2 is 1.93 bits per heavy atom. The molecule has 0 unspecified atom stereocenters. The molecule has 0 fully saturated rings. The molecule has 9 heteroatoms. The number of anilines is 1. The van der Waals surface area contributed by atoms with E-state index >= 15 is 0 Å². The number of halogens is 3. The SMILES string of the molecule is COc1cc(OC)cc(C(=O)Nc2nn(Cc3c(F)cccc3Cl)cc2Br)c1. The topological polar surface area (TPSA) is 65.4 Å². The van der Waals surface area contributed by atoms with Crippen LogP contribution in [0.2, 0.25) is 5.02 Å². The maximum absolute atomic E-state index is 14.0. The van der Waals surface area contributed by atoms with Gasteiger partial charge in [0.25, 0.3) is 5.91 Å². The molecule has 1 heterocycles. The molecule has 6 nitrogen and oxygen atoms in total. The summed E-state index contributed by atoms with van der Waals surface area (Å²) < 4.78 is 26.4. The van der Waals surface area contributed by atoms with Gasteiger partial charge in [-0.2, -0.15) is 5.10 Å². The number of rotatable bonds is 6. The van der Waals surface area contributed by atoms with Crippen molar-refractivity contribution in [2.45, 2.75) is 6.54 Å². The Hall–Kier alpha value is -2.58. The van der Waals surface area contributed by atoms with Crippen LogP contribution in [0.3, 0.4) is 0 Å². The van der Waals surface area contributed by atoms with Crippen molar-refractivity contribution in [2.24, 2.45) is 0 Å². The summed E-state index contributed by atoms with van der Waals surface area (Å²) in [7, 11) is 3.01. The van der Waals surface area contributed by atoms with E-state index in [0.717, 1.165) is 0 Å². The van der Waals surface area contributed by atoms with Gasteiger partial charge in [-0.1, -0.05) is 17.7 Å². The number of hydrogen-bond acceptors (Lipinski definition) is 4. The average Bonchev–Trinajstić information content (AvgIpc) is 3.03. The summed E-state index contributed by atoms with van der Waals surface area (Å²) in [5.74, 6) is 0.450. The Morgan fingerprint density at radius 3 is 2.54 bits per heavy atom. The molecule has 1 amide bonds. The predicted octanol–water partition coefficient (Wildman–Crippen LogP) is 4.76. The van der Waals surface area contributed by atoms with E-state index < -0.39 is 11.7 Å². The number of benzene rings is 2. The third-order valence-corrected chi connectivity index (χ3v) is 4.88. The molecule has 28 heavy (non-hydrogen) atoms. The molecule has 0 radical (unpaired) electrons. The molecule has 2 aromatic carbocycles. The van der Waals surface area contributed by atoms with Gasteiger partial charge in [-0.25, -0.2) is 4.39 Å². The first-order valence-electron chi connectivity index (χ1n) is 8.11. The summed E-state index contributed by atoms with van der Waals surface area (Å²) in [6, 6.07) is 9.31. The predicted molar refractivity (Wildman–Crippen MR) is 108 cm³/mol. The van der Waals surface area contributed by atoms with Crippen molar-refractivity contribution in [2.75, 3.05) is 19.5 Å². The van der Waals surface area contributed by atoms with Crippen molar-refractivity contribution in [3.63, 3.8) is 0 Å². The van der Waals surface area contributed by atoms with Gasteiger partial charge in [0, 0.05) is 28.4 Å². The number of carbonyl (C=O) groups is 1. The van der Waals surface area contributed by atoms with E-state index in [0.29, 0.717) is 37.9 Å². The second-order valence-electron chi connectivity index (χ2n) is 5.78. The van der Waals surface area contributed by atoms with Gasteiger partial charge in [0.15, 0.2) is 5.82 Å². The third kappa shape index (κ3) is 4.45. The van der Waals surface area contributed by atoms with Gasteiger partial charge in [-0.15, -0.1) is 0 Å². The van der Waals surface area contributed by atoms with Gasteiger partial charge in [-0.05, 0) is 40.2 Å². The van der Waals surface area contributed by atoms with E-state index in [1.54, 1.807) is 30.5 Å². The summed E-state index contributed by atoms with van der Waals surface area (Å²) in [5.41, 5.74) is 0.657. The molecule has 0 atom stereocenters. The zero-order valence-electron chi connectivity index (χ0n) is 15.0. The first-order chi connectivity index (χ1) is 13.4. The maximum atomic E-state index is 14.0. The van der Waals surface area contributed by atoms with Crippen LogP contribution >= 0.6 is 27.5 Å². The first kappa shape index (κ1) is 20.2. The summed E-state index contributed by atoms with van der Waals surface area (Å²) in [5, 5.41) is 7.30. The number of aromatic nitrogens is 2. The van der Waals surface area contributed by atoms with Crippen molar-refractivity contribution in [1.82, 2.24) is 9.78 Å². The van der Waals surface area contributed by atoms with Gasteiger partial charge in [-0.3, -0.25) is 9.48 Å². The number of nitrogens with one attached hydrogen (secondary N) is 1. The smallest absolute Gasteiger partial charge is 0.257 e. The van der Waals surface area contributed by atoms with Crippen LogP contribution in [-0.4, -0.2) is 29.9 Å². The van der Waals surface area contributed by atoms with Crippen molar-refractivity contribution in [3.05, 3.63) is 69.0 Å². The molecule has 3 aromatic rings. The molecule has 0 saturated carbocycles. The number of carbonyl (C=O) groups excluding carboxylic acids is 1. The molecule has 0 aliphatic heterocycles. The highest BCUT2D eigenvalue weighted by Gasteiger charge is 2.16. The van der Waals surface area contributed by atoms with E-state index in [4.69, 9.17) is 21.1 Å². The minimum atomic E-state index is -0.423. The van der Waals surface area contributed by atoms with Crippen LogP contribution in [0.15, 0.2) is 47.1 Å². The van der Waals surface area contributed by atoms with Crippen LogP contribution in [-0.2, 0) is 6.54 Å². The molecule has 0 aliphatic carbocycles. The Morgan fingerprint density at radius 1 is 1.25 bits per heavy atom. The standard InChI is InChI=1S/C19H16BrClFN3O3/c1-27-12-6-11(7-13(8-12)28-2)19(26)23-18-15(20)10-25(24-18)9-14-16(21)4-3-5-17(14)22/h3-8,10H,9H2,1-2H3,(H,23,24,26). The molecular weight excluding hydrogens is 453 g/mol. The van der Waals surface area contributed by atoms with E-state index in [1.165, 1.54) is 31.0 Å². The summed E-state index contributed by atoms with van der Waals surface area (Å²) in [6.07, 6.45) is 1.63. The van der Waals surface area contributed by atoms with E-state index in [9.17, 15) is 9.18 Å². The summed E-state index contributed by atoms with van der Waals surface area (Å²) in [6.45, 7) is 0.118. The number of amides is 1.